The summed E-state index contributed by atoms with van der Waals surface area (Å²) in [5, 5.41) is 10.3. The molecule has 68 valence electrons. The van der Waals surface area contributed by atoms with Crippen molar-refractivity contribution in [2.75, 3.05) is 17.8 Å². The van der Waals surface area contributed by atoms with Gasteiger partial charge in [-0.05, 0) is 0 Å². The maximum absolute atomic E-state index is 5.20. The second-order valence-corrected chi connectivity index (χ2v) is 2.42. The lowest BCUT2D eigenvalue weighted by atomic mass is 10.4. The van der Waals surface area contributed by atoms with Crippen molar-refractivity contribution in [1.82, 2.24) is 20.2 Å². The van der Waals surface area contributed by atoms with Crippen molar-refractivity contribution in [1.29, 1.82) is 0 Å². The zero-order valence-corrected chi connectivity index (χ0v) is 7.00. The molecule has 0 spiro atoms. The fourth-order valence-corrected chi connectivity index (χ4v) is 1.09. The van der Waals surface area contributed by atoms with Gasteiger partial charge in [-0.3, -0.25) is 10.5 Å². The summed E-state index contributed by atoms with van der Waals surface area (Å²) in [4.78, 5) is 8.15. The van der Waals surface area contributed by atoms with Gasteiger partial charge in [-0.2, -0.15) is 15.1 Å². The number of nitrogens with zero attached hydrogens (tertiary/aromatic N) is 3. The first-order valence-corrected chi connectivity index (χ1v) is 3.70. The molecule has 2 rings (SSSR count). The second kappa shape index (κ2) is 2.87. The molecule has 0 aliphatic rings. The van der Waals surface area contributed by atoms with Crippen LogP contribution in [0.1, 0.15) is 0 Å². The molecule has 0 aromatic carbocycles. The first kappa shape index (κ1) is 7.74. The molecule has 0 amide bonds. The fourth-order valence-electron chi connectivity index (χ4n) is 1.09. The Morgan fingerprint density at radius 3 is 3.00 bits per heavy atom. The quantitative estimate of drug-likeness (QED) is 0.372. The highest BCUT2D eigenvalue weighted by Gasteiger charge is 2.06. The van der Waals surface area contributed by atoms with E-state index in [1.807, 2.05) is 0 Å². The zero-order chi connectivity index (χ0) is 9.26. The fraction of sp³-hybridized carbons (Fsp3) is 0.167. The number of nitrogen functional groups attached to an aromatic ring is 1. The van der Waals surface area contributed by atoms with E-state index in [2.05, 4.69) is 30.9 Å². The first-order chi connectivity index (χ1) is 6.35. The smallest absolute Gasteiger partial charge is 0.241 e. The number of nitrogens with two attached hydrogens (primary N) is 1. The number of anilines is 2. The van der Waals surface area contributed by atoms with Crippen LogP contribution in [0.5, 0.6) is 0 Å². The van der Waals surface area contributed by atoms with Gasteiger partial charge in [0.1, 0.15) is 5.82 Å². The predicted octanol–water partition coefficient (Wildman–Crippen LogP) is -0.320. The standard InChI is InChI=1S/C6H9N7/c1-8-4-3-2-9-13-5(3)11-6(10-4)12-7/h2H,7H2,1H3,(H3,8,9,10,11,12,13). The molecule has 13 heavy (non-hydrogen) atoms. The minimum absolute atomic E-state index is 0.348. The van der Waals surface area contributed by atoms with Crippen LogP contribution in [0, 0.1) is 0 Å². The van der Waals surface area contributed by atoms with Gasteiger partial charge in [0.2, 0.25) is 5.95 Å². The van der Waals surface area contributed by atoms with Gasteiger partial charge in [0.15, 0.2) is 5.65 Å². The van der Waals surface area contributed by atoms with Crippen LogP contribution in [0.4, 0.5) is 11.8 Å². The van der Waals surface area contributed by atoms with E-state index in [0.717, 1.165) is 5.39 Å². The van der Waals surface area contributed by atoms with Crippen LogP contribution in [0.2, 0.25) is 0 Å². The molecule has 0 atom stereocenters. The topological polar surface area (TPSA) is 105 Å². The molecule has 0 saturated carbocycles. The Morgan fingerprint density at radius 2 is 2.31 bits per heavy atom. The van der Waals surface area contributed by atoms with Crippen molar-refractivity contribution in [3.8, 4) is 0 Å². The Kier molecular flexibility index (Phi) is 1.71. The maximum atomic E-state index is 5.20. The molecule has 0 radical (unpaired) electrons. The summed E-state index contributed by atoms with van der Waals surface area (Å²) < 4.78 is 0. The molecule has 0 aliphatic carbocycles. The van der Waals surface area contributed by atoms with Crippen molar-refractivity contribution >= 4 is 22.8 Å². The number of H-pyrrole nitrogens is 1. The molecule has 0 aliphatic heterocycles. The molecule has 7 heteroatoms. The van der Waals surface area contributed by atoms with Crippen molar-refractivity contribution in [3.63, 3.8) is 0 Å². The van der Waals surface area contributed by atoms with E-state index in [0.29, 0.717) is 17.4 Å². The van der Waals surface area contributed by atoms with Gasteiger partial charge < -0.3 is 5.32 Å². The third kappa shape index (κ3) is 1.14. The van der Waals surface area contributed by atoms with Crippen LogP contribution in [-0.2, 0) is 0 Å². The largest absolute Gasteiger partial charge is 0.372 e. The molecule has 2 aromatic rings. The number of rotatable bonds is 2. The Hall–Kier alpha value is -1.89. The van der Waals surface area contributed by atoms with E-state index in [-0.39, 0.29) is 0 Å². The zero-order valence-electron chi connectivity index (χ0n) is 7.00. The molecule has 0 saturated heterocycles. The van der Waals surface area contributed by atoms with E-state index in [4.69, 9.17) is 5.84 Å². The van der Waals surface area contributed by atoms with E-state index in [9.17, 15) is 0 Å². The summed E-state index contributed by atoms with van der Waals surface area (Å²) in [5.74, 6) is 6.23. The lowest BCUT2D eigenvalue weighted by Crippen LogP contribution is -2.11. The van der Waals surface area contributed by atoms with Crippen LogP contribution < -0.4 is 16.6 Å². The highest BCUT2D eigenvalue weighted by Crippen LogP contribution is 2.18. The second-order valence-electron chi connectivity index (χ2n) is 2.42. The number of nitrogens with one attached hydrogen (secondary N) is 3. The molecule has 2 heterocycles. The Morgan fingerprint density at radius 1 is 1.46 bits per heavy atom. The Bertz CT molecular complexity index is 420. The highest BCUT2D eigenvalue weighted by atomic mass is 15.3. The summed E-state index contributed by atoms with van der Waals surface area (Å²) in [6, 6.07) is 0. The summed E-state index contributed by atoms with van der Waals surface area (Å²) in [7, 11) is 1.77. The van der Waals surface area contributed by atoms with Gasteiger partial charge in [-0.15, -0.1) is 0 Å². The van der Waals surface area contributed by atoms with E-state index >= 15 is 0 Å². The number of hydrazine groups is 1. The summed E-state index contributed by atoms with van der Waals surface area (Å²) in [6.45, 7) is 0. The Balaban J connectivity index is 2.70. The monoisotopic (exact) mass is 179 g/mol. The molecule has 7 nitrogen and oxygen atoms in total. The van der Waals surface area contributed by atoms with Crippen LogP contribution in [-0.4, -0.2) is 27.2 Å². The SMILES string of the molecule is CNc1nc(NN)nc2[nH]ncc12. The van der Waals surface area contributed by atoms with Crippen LogP contribution in [0.25, 0.3) is 11.0 Å². The lowest BCUT2D eigenvalue weighted by molar-refractivity contribution is 1.08. The number of hydrogen-bond acceptors (Lipinski definition) is 6. The van der Waals surface area contributed by atoms with Crippen LogP contribution in [0.15, 0.2) is 6.20 Å². The van der Waals surface area contributed by atoms with E-state index < -0.39 is 0 Å². The van der Waals surface area contributed by atoms with Crippen LogP contribution in [0.3, 0.4) is 0 Å². The Labute approximate surface area is 73.7 Å². The van der Waals surface area contributed by atoms with Gasteiger partial charge in [0.05, 0.1) is 11.6 Å². The lowest BCUT2D eigenvalue weighted by Gasteiger charge is -2.02. The number of aromatic amines is 1. The third-order valence-corrected chi connectivity index (χ3v) is 1.68. The molecular formula is C6H9N7. The van der Waals surface area contributed by atoms with Crippen molar-refractivity contribution in [2.45, 2.75) is 0 Å². The molecule has 0 fully saturated rings. The normalized spacial score (nSPS) is 10.3. The average molecular weight is 179 g/mol. The van der Waals surface area contributed by atoms with Gasteiger partial charge >= 0.3 is 0 Å². The number of hydrogen-bond donors (Lipinski definition) is 4. The van der Waals surface area contributed by atoms with Gasteiger partial charge in [0, 0.05) is 7.05 Å². The highest BCUT2D eigenvalue weighted by molar-refractivity contribution is 5.86. The average Bonchev–Trinajstić information content (AvgIpc) is 2.63. The number of fused-ring (bicyclic) bond motifs is 1. The molecule has 5 N–H and O–H groups in total. The van der Waals surface area contributed by atoms with Gasteiger partial charge in [0.25, 0.3) is 0 Å². The van der Waals surface area contributed by atoms with Crippen molar-refractivity contribution in [3.05, 3.63) is 6.20 Å². The molecule has 2 aromatic heterocycles. The summed E-state index contributed by atoms with van der Waals surface area (Å²) in [5.41, 5.74) is 3.02. The van der Waals surface area contributed by atoms with Crippen LogP contribution >= 0.6 is 0 Å². The van der Waals surface area contributed by atoms with Gasteiger partial charge in [-0.1, -0.05) is 0 Å². The van der Waals surface area contributed by atoms with Crippen molar-refractivity contribution < 1.29 is 0 Å². The van der Waals surface area contributed by atoms with E-state index in [1.165, 1.54) is 0 Å². The summed E-state index contributed by atoms with van der Waals surface area (Å²) in [6.07, 6.45) is 1.65. The minimum Gasteiger partial charge on any atom is -0.372 e. The van der Waals surface area contributed by atoms with Crippen molar-refractivity contribution in [2.24, 2.45) is 5.84 Å². The molecular weight excluding hydrogens is 170 g/mol. The van der Waals surface area contributed by atoms with Gasteiger partial charge in [-0.25, -0.2) is 5.84 Å². The van der Waals surface area contributed by atoms with E-state index in [1.54, 1.807) is 13.2 Å². The predicted molar refractivity (Wildman–Crippen MR) is 49.0 cm³/mol. The molecule has 0 unspecified atom stereocenters. The summed E-state index contributed by atoms with van der Waals surface area (Å²) >= 11 is 0. The first-order valence-electron chi connectivity index (χ1n) is 3.70. The third-order valence-electron chi connectivity index (χ3n) is 1.68. The molecule has 0 bridgehead atoms. The number of aromatic nitrogens is 4. The maximum Gasteiger partial charge on any atom is 0.241 e. The minimum atomic E-state index is 0.348.